The molecule has 0 unspecified atom stereocenters. The Morgan fingerprint density at radius 2 is 2.35 bits per heavy atom. The predicted octanol–water partition coefficient (Wildman–Crippen LogP) is 1.02. The molecule has 2 aromatic rings. The van der Waals surface area contributed by atoms with Crippen molar-refractivity contribution in [3.05, 3.63) is 41.6 Å². The lowest BCUT2D eigenvalue weighted by atomic mass is 10.1. The van der Waals surface area contributed by atoms with Crippen molar-refractivity contribution in [1.29, 1.82) is 0 Å². The van der Waals surface area contributed by atoms with Crippen molar-refractivity contribution in [3.63, 3.8) is 0 Å². The van der Waals surface area contributed by atoms with Gasteiger partial charge in [-0.1, -0.05) is 18.2 Å². The summed E-state index contributed by atoms with van der Waals surface area (Å²) in [4.78, 5) is 12.1. The van der Waals surface area contributed by atoms with Gasteiger partial charge >= 0.3 is 0 Å². The molecule has 3 N–H and O–H groups in total. The number of rotatable bonds is 3. The van der Waals surface area contributed by atoms with Gasteiger partial charge in [-0.25, -0.2) is 4.68 Å². The maximum absolute atomic E-state index is 12.1. The number of nitrogen functional groups attached to an aromatic ring is 1. The summed E-state index contributed by atoms with van der Waals surface area (Å²) >= 11 is 0. The van der Waals surface area contributed by atoms with Crippen LogP contribution in [0.4, 0.5) is 5.82 Å². The van der Waals surface area contributed by atoms with Gasteiger partial charge in [0.25, 0.3) is 0 Å². The van der Waals surface area contributed by atoms with Gasteiger partial charge in [-0.2, -0.15) is 5.10 Å². The number of aromatic nitrogens is 2. The lowest BCUT2D eigenvalue weighted by Gasteiger charge is -2.12. The molecular weight excluding hydrogens is 256 g/mol. The van der Waals surface area contributed by atoms with Crippen molar-refractivity contribution in [2.45, 2.75) is 19.5 Å². The molecular formula is C14H16N4O2. The number of carbonyl (C=O) groups excluding carboxylic acids is 1. The summed E-state index contributed by atoms with van der Waals surface area (Å²) in [5, 5.41) is 7.11. The zero-order chi connectivity index (χ0) is 14.1. The molecule has 0 saturated carbocycles. The third-order valence-electron chi connectivity index (χ3n) is 3.26. The van der Waals surface area contributed by atoms with E-state index in [-0.39, 0.29) is 18.5 Å². The van der Waals surface area contributed by atoms with E-state index in [9.17, 15) is 4.79 Å². The second-order valence-corrected chi connectivity index (χ2v) is 4.84. The number of aryl methyl sites for hydroxylation is 1. The first kappa shape index (κ1) is 12.5. The fourth-order valence-corrected chi connectivity index (χ4v) is 2.35. The second kappa shape index (κ2) is 4.88. The molecule has 1 aliphatic rings. The molecule has 0 radical (unpaired) electrons. The van der Waals surface area contributed by atoms with Crippen LogP contribution in [0, 0.1) is 6.92 Å². The molecule has 0 bridgehead atoms. The molecule has 1 amide bonds. The Kier molecular flexibility index (Phi) is 3.06. The van der Waals surface area contributed by atoms with Crippen molar-refractivity contribution in [2.75, 3.05) is 12.3 Å². The van der Waals surface area contributed by atoms with Crippen LogP contribution in [-0.4, -0.2) is 22.3 Å². The topological polar surface area (TPSA) is 82.2 Å². The van der Waals surface area contributed by atoms with Crippen LogP contribution in [0.2, 0.25) is 0 Å². The quantitative estimate of drug-likeness (QED) is 0.874. The van der Waals surface area contributed by atoms with Gasteiger partial charge in [0.15, 0.2) is 0 Å². The molecule has 0 spiro atoms. The van der Waals surface area contributed by atoms with E-state index in [1.54, 1.807) is 6.07 Å². The number of nitrogens with one attached hydrogen (secondary N) is 1. The minimum atomic E-state index is -0.134. The summed E-state index contributed by atoms with van der Waals surface area (Å²) in [5.41, 5.74) is 7.57. The first-order valence-electron chi connectivity index (χ1n) is 6.44. The van der Waals surface area contributed by atoms with E-state index in [4.69, 9.17) is 10.5 Å². The van der Waals surface area contributed by atoms with Gasteiger partial charge in [-0.05, 0) is 13.0 Å². The highest BCUT2D eigenvalue weighted by Crippen LogP contribution is 2.31. The lowest BCUT2D eigenvalue weighted by molar-refractivity contribution is -0.122. The van der Waals surface area contributed by atoms with Crippen molar-refractivity contribution >= 4 is 11.7 Å². The molecule has 104 valence electrons. The minimum absolute atomic E-state index is 0.109. The number of para-hydroxylation sites is 1. The van der Waals surface area contributed by atoms with Gasteiger partial charge in [-0.15, -0.1) is 0 Å². The van der Waals surface area contributed by atoms with E-state index in [0.29, 0.717) is 12.4 Å². The van der Waals surface area contributed by atoms with Gasteiger partial charge in [0, 0.05) is 11.6 Å². The zero-order valence-corrected chi connectivity index (χ0v) is 11.2. The van der Waals surface area contributed by atoms with Crippen LogP contribution < -0.4 is 15.8 Å². The van der Waals surface area contributed by atoms with Gasteiger partial charge < -0.3 is 15.8 Å². The van der Waals surface area contributed by atoms with Crippen LogP contribution in [0.1, 0.15) is 17.3 Å². The highest BCUT2D eigenvalue weighted by atomic mass is 16.5. The predicted molar refractivity (Wildman–Crippen MR) is 74.2 cm³/mol. The monoisotopic (exact) mass is 272 g/mol. The maximum Gasteiger partial charge on any atom is 0.242 e. The number of fused-ring (bicyclic) bond motifs is 1. The number of ether oxygens (including phenoxy) is 1. The van der Waals surface area contributed by atoms with Crippen molar-refractivity contribution < 1.29 is 9.53 Å². The maximum atomic E-state index is 12.1. The summed E-state index contributed by atoms with van der Waals surface area (Å²) < 4.78 is 7.02. The van der Waals surface area contributed by atoms with E-state index in [1.165, 1.54) is 4.68 Å². The highest BCUT2D eigenvalue weighted by Gasteiger charge is 2.25. The van der Waals surface area contributed by atoms with Gasteiger partial charge in [0.2, 0.25) is 5.91 Å². The summed E-state index contributed by atoms with van der Waals surface area (Å²) in [6, 6.07) is 9.33. The summed E-state index contributed by atoms with van der Waals surface area (Å²) in [6.07, 6.45) is 0. The molecule has 2 heterocycles. The van der Waals surface area contributed by atoms with E-state index in [0.717, 1.165) is 17.0 Å². The average molecular weight is 272 g/mol. The van der Waals surface area contributed by atoms with Crippen molar-refractivity contribution in [1.82, 2.24) is 15.1 Å². The summed E-state index contributed by atoms with van der Waals surface area (Å²) in [5.74, 6) is 1.18. The standard InChI is InChI=1S/C14H16N4O2/c1-9-6-13(15)18(17-9)7-14(19)16-11-8-20-12-5-3-2-4-10(11)12/h2-6,11H,7-8,15H2,1H3,(H,16,19)/t11-/m1/s1. The third-order valence-corrected chi connectivity index (χ3v) is 3.26. The Balaban J connectivity index is 1.67. The van der Waals surface area contributed by atoms with Gasteiger partial charge in [-0.3, -0.25) is 4.79 Å². The Hall–Kier alpha value is -2.50. The fraction of sp³-hybridized carbons (Fsp3) is 0.286. The number of nitrogens with two attached hydrogens (primary N) is 1. The Morgan fingerprint density at radius 3 is 3.10 bits per heavy atom. The number of amides is 1. The molecule has 0 fully saturated rings. The molecule has 6 nitrogen and oxygen atoms in total. The fourth-order valence-electron chi connectivity index (χ4n) is 2.35. The van der Waals surface area contributed by atoms with Crippen LogP contribution in [0.25, 0.3) is 0 Å². The van der Waals surface area contributed by atoms with Crippen molar-refractivity contribution in [3.8, 4) is 5.75 Å². The molecule has 1 aromatic heterocycles. The molecule has 0 aliphatic carbocycles. The number of anilines is 1. The van der Waals surface area contributed by atoms with E-state index in [1.807, 2.05) is 31.2 Å². The van der Waals surface area contributed by atoms with Gasteiger partial charge in [0.1, 0.15) is 24.7 Å². The number of hydrogen-bond donors (Lipinski definition) is 2. The van der Waals surface area contributed by atoms with Crippen LogP contribution >= 0.6 is 0 Å². The zero-order valence-electron chi connectivity index (χ0n) is 11.2. The number of carbonyl (C=O) groups is 1. The molecule has 6 heteroatoms. The van der Waals surface area contributed by atoms with E-state index < -0.39 is 0 Å². The number of nitrogens with zero attached hydrogens (tertiary/aromatic N) is 2. The smallest absolute Gasteiger partial charge is 0.242 e. The van der Waals surface area contributed by atoms with Gasteiger partial charge in [0.05, 0.1) is 11.7 Å². The molecule has 20 heavy (non-hydrogen) atoms. The van der Waals surface area contributed by atoms with Crippen LogP contribution in [0.3, 0.4) is 0 Å². The number of hydrogen-bond acceptors (Lipinski definition) is 4. The molecule has 1 aromatic carbocycles. The summed E-state index contributed by atoms with van der Waals surface area (Å²) in [6.45, 7) is 2.41. The Bertz CT molecular complexity index is 650. The third kappa shape index (κ3) is 2.32. The van der Waals surface area contributed by atoms with Crippen molar-refractivity contribution in [2.24, 2.45) is 0 Å². The first-order chi connectivity index (χ1) is 9.63. The van der Waals surface area contributed by atoms with Crippen LogP contribution in [0.15, 0.2) is 30.3 Å². The molecule has 1 aliphatic heterocycles. The van der Waals surface area contributed by atoms with Crippen LogP contribution in [0.5, 0.6) is 5.75 Å². The second-order valence-electron chi connectivity index (χ2n) is 4.84. The largest absolute Gasteiger partial charge is 0.491 e. The Labute approximate surface area is 116 Å². The molecule has 3 rings (SSSR count). The minimum Gasteiger partial charge on any atom is -0.491 e. The van der Waals surface area contributed by atoms with Crippen LogP contribution in [-0.2, 0) is 11.3 Å². The lowest BCUT2D eigenvalue weighted by Crippen LogP contribution is -2.32. The normalized spacial score (nSPS) is 16.6. The molecule has 1 atom stereocenters. The number of benzene rings is 1. The SMILES string of the molecule is Cc1cc(N)n(CC(=O)N[C@@H]2COc3ccccc32)n1. The first-order valence-corrected chi connectivity index (χ1v) is 6.44. The summed E-state index contributed by atoms with van der Waals surface area (Å²) in [7, 11) is 0. The van der Waals surface area contributed by atoms with E-state index >= 15 is 0 Å². The average Bonchev–Trinajstić information content (AvgIpc) is 2.94. The van der Waals surface area contributed by atoms with E-state index in [2.05, 4.69) is 10.4 Å². The molecule has 0 saturated heterocycles. The highest BCUT2D eigenvalue weighted by molar-refractivity contribution is 5.77. The Morgan fingerprint density at radius 1 is 1.55 bits per heavy atom.